The van der Waals surface area contributed by atoms with Crippen molar-refractivity contribution in [1.82, 2.24) is 19.9 Å². The highest BCUT2D eigenvalue weighted by molar-refractivity contribution is 6.32. The normalized spacial score (nSPS) is 11.0. The van der Waals surface area contributed by atoms with Crippen molar-refractivity contribution in [2.75, 3.05) is 4.90 Å². The first-order chi connectivity index (χ1) is 13.9. The summed E-state index contributed by atoms with van der Waals surface area (Å²) in [4.78, 5) is 41.0. The molecule has 0 atom stereocenters. The fourth-order valence-corrected chi connectivity index (χ4v) is 3.41. The smallest absolute Gasteiger partial charge is 0.286 e. The molecular weight excluding hydrogens is 392 g/mol. The highest BCUT2D eigenvalue weighted by Crippen LogP contribution is 2.36. The van der Waals surface area contributed by atoms with Gasteiger partial charge in [-0.3, -0.25) is 9.59 Å². The monoisotopic (exact) mass is 408 g/mol. The summed E-state index contributed by atoms with van der Waals surface area (Å²) in [5.41, 5.74) is 8.72. The van der Waals surface area contributed by atoms with Gasteiger partial charge in [0.15, 0.2) is 5.69 Å². The molecule has 9 heteroatoms. The lowest BCUT2D eigenvalue weighted by Crippen LogP contribution is -2.31. The van der Waals surface area contributed by atoms with Crippen LogP contribution >= 0.6 is 11.6 Å². The van der Waals surface area contributed by atoms with Crippen molar-refractivity contribution < 1.29 is 9.59 Å². The highest BCUT2D eigenvalue weighted by Gasteiger charge is 2.30. The molecule has 2 amide bonds. The van der Waals surface area contributed by atoms with Gasteiger partial charge in [-0.15, -0.1) is 0 Å². The molecule has 0 radical (unpaired) electrons. The highest BCUT2D eigenvalue weighted by atomic mass is 35.5. The summed E-state index contributed by atoms with van der Waals surface area (Å²) < 4.78 is 0. The first-order valence-corrected chi connectivity index (χ1v) is 9.14. The number of halogens is 1. The topological polar surface area (TPSA) is 121 Å². The van der Waals surface area contributed by atoms with E-state index in [-0.39, 0.29) is 17.3 Å². The molecule has 4 N–H and O–H groups in total. The molecule has 4 rings (SSSR count). The molecule has 2 aromatic carbocycles. The van der Waals surface area contributed by atoms with Gasteiger partial charge in [0.05, 0.1) is 23.0 Å². The van der Waals surface area contributed by atoms with E-state index in [1.807, 2.05) is 44.2 Å². The summed E-state index contributed by atoms with van der Waals surface area (Å²) in [6.07, 6.45) is 1.25. The van der Waals surface area contributed by atoms with E-state index in [0.717, 1.165) is 11.1 Å². The first kappa shape index (κ1) is 18.7. The minimum absolute atomic E-state index is 0.0755. The van der Waals surface area contributed by atoms with Gasteiger partial charge in [0.1, 0.15) is 5.69 Å². The number of carbonyl (C=O) groups is 2. The number of imidazole rings is 2. The van der Waals surface area contributed by atoms with E-state index in [4.69, 9.17) is 17.3 Å². The van der Waals surface area contributed by atoms with E-state index in [0.29, 0.717) is 21.8 Å². The number of anilines is 2. The Balaban J connectivity index is 1.97. The maximum absolute atomic E-state index is 13.6. The van der Waals surface area contributed by atoms with Crippen LogP contribution in [-0.2, 0) is 0 Å². The molecule has 0 aliphatic heterocycles. The zero-order valence-electron chi connectivity index (χ0n) is 15.7. The SMILES string of the molecule is Cc1ccc(Cl)c(C)c1N(C(=O)c1nc[nH]c1C(N)=O)c1nc2ccccc2[nH]1. The van der Waals surface area contributed by atoms with E-state index in [9.17, 15) is 9.59 Å². The van der Waals surface area contributed by atoms with Crippen LogP contribution in [0.3, 0.4) is 0 Å². The number of H-pyrrole nitrogens is 2. The molecule has 0 saturated carbocycles. The minimum Gasteiger partial charge on any atom is -0.364 e. The van der Waals surface area contributed by atoms with Crippen molar-refractivity contribution >= 4 is 46.1 Å². The summed E-state index contributed by atoms with van der Waals surface area (Å²) in [7, 11) is 0. The molecule has 0 unspecified atom stereocenters. The van der Waals surface area contributed by atoms with Gasteiger partial charge in [-0.25, -0.2) is 14.9 Å². The molecule has 4 aromatic rings. The predicted molar refractivity (Wildman–Crippen MR) is 111 cm³/mol. The van der Waals surface area contributed by atoms with Gasteiger partial charge in [-0.2, -0.15) is 0 Å². The van der Waals surface area contributed by atoms with Crippen LogP contribution in [-0.4, -0.2) is 31.8 Å². The number of aromatic amines is 2. The Hall–Kier alpha value is -3.65. The lowest BCUT2D eigenvalue weighted by molar-refractivity contribution is 0.0961. The summed E-state index contributed by atoms with van der Waals surface area (Å²) in [6, 6.07) is 11.0. The average Bonchev–Trinajstić information content (AvgIpc) is 3.34. The molecule has 8 nitrogen and oxygen atoms in total. The summed E-state index contributed by atoms with van der Waals surface area (Å²) >= 11 is 6.34. The quantitative estimate of drug-likeness (QED) is 0.477. The lowest BCUT2D eigenvalue weighted by atomic mass is 10.1. The van der Waals surface area contributed by atoms with Crippen LogP contribution in [0.5, 0.6) is 0 Å². The second-order valence-electron chi connectivity index (χ2n) is 6.55. The van der Waals surface area contributed by atoms with Crippen molar-refractivity contribution in [3.63, 3.8) is 0 Å². The van der Waals surface area contributed by atoms with Crippen molar-refractivity contribution in [2.24, 2.45) is 5.73 Å². The molecule has 146 valence electrons. The van der Waals surface area contributed by atoms with Crippen LogP contribution in [0, 0.1) is 13.8 Å². The van der Waals surface area contributed by atoms with Gasteiger partial charge in [-0.1, -0.05) is 29.8 Å². The molecule has 0 saturated heterocycles. The molecule has 0 bridgehead atoms. The Labute approximate surface area is 170 Å². The zero-order chi connectivity index (χ0) is 20.7. The van der Waals surface area contributed by atoms with Crippen LogP contribution in [0.25, 0.3) is 11.0 Å². The maximum atomic E-state index is 13.6. The number of hydrogen-bond acceptors (Lipinski definition) is 4. The molecule has 29 heavy (non-hydrogen) atoms. The van der Waals surface area contributed by atoms with E-state index < -0.39 is 11.8 Å². The number of carbonyl (C=O) groups excluding carboxylic acids is 2. The number of rotatable bonds is 4. The number of nitrogens with two attached hydrogens (primary N) is 1. The van der Waals surface area contributed by atoms with Crippen LogP contribution < -0.4 is 10.6 Å². The van der Waals surface area contributed by atoms with Crippen LogP contribution in [0.1, 0.15) is 32.1 Å². The zero-order valence-corrected chi connectivity index (χ0v) is 16.4. The number of benzene rings is 2. The average molecular weight is 409 g/mol. The largest absolute Gasteiger partial charge is 0.364 e. The Morgan fingerprint density at radius 2 is 1.90 bits per heavy atom. The fourth-order valence-electron chi connectivity index (χ4n) is 3.25. The minimum atomic E-state index is -0.782. The molecule has 0 spiro atoms. The van der Waals surface area contributed by atoms with Gasteiger partial charge in [0.25, 0.3) is 11.8 Å². The Bertz CT molecular complexity index is 1230. The van der Waals surface area contributed by atoms with Crippen LogP contribution in [0.15, 0.2) is 42.7 Å². The third kappa shape index (κ3) is 3.13. The number of fused-ring (bicyclic) bond motifs is 1. The number of amides is 2. The third-order valence-electron chi connectivity index (χ3n) is 4.67. The molecule has 0 aliphatic carbocycles. The fraction of sp³-hybridized carbons (Fsp3) is 0.100. The summed E-state index contributed by atoms with van der Waals surface area (Å²) in [5, 5.41) is 0.497. The summed E-state index contributed by atoms with van der Waals surface area (Å²) in [6.45, 7) is 3.67. The molecule has 0 aliphatic rings. The first-order valence-electron chi connectivity index (χ1n) is 8.76. The number of aromatic nitrogens is 4. The Morgan fingerprint density at radius 1 is 1.14 bits per heavy atom. The van der Waals surface area contributed by atoms with Crippen molar-refractivity contribution in [3.8, 4) is 0 Å². The predicted octanol–water partition coefficient (Wildman–Crippen LogP) is 3.63. The molecule has 2 heterocycles. The Kier molecular flexibility index (Phi) is 4.56. The van der Waals surface area contributed by atoms with Gasteiger partial charge < -0.3 is 15.7 Å². The van der Waals surface area contributed by atoms with Crippen molar-refractivity contribution in [1.29, 1.82) is 0 Å². The molecular formula is C20H17ClN6O2. The lowest BCUT2D eigenvalue weighted by Gasteiger charge is -2.24. The maximum Gasteiger partial charge on any atom is 0.286 e. The number of primary amides is 1. The number of aryl methyl sites for hydroxylation is 1. The van der Waals surface area contributed by atoms with Crippen molar-refractivity contribution in [3.05, 3.63) is 70.3 Å². The van der Waals surface area contributed by atoms with Crippen LogP contribution in [0.4, 0.5) is 11.6 Å². The Morgan fingerprint density at radius 3 is 2.62 bits per heavy atom. The van der Waals surface area contributed by atoms with Gasteiger partial charge in [0, 0.05) is 5.02 Å². The van der Waals surface area contributed by atoms with Crippen molar-refractivity contribution in [2.45, 2.75) is 13.8 Å². The number of para-hydroxylation sites is 2. The summed E-state index contributed by atoms with van der Waals surface area (Å²) in [5.74, 6) is -1.06. The van der Waals surface area contributed by atoms with E-state index in [1.54, 1.807) is 6.07 Å². The third-order valence-corrected chi connectivity index (χ3v) is 5.08. The van der Waals surface area contributed by atoms with E-state index in [1.165, 1.54) is 11.2 Å². The van der Waals surface area contributed by atoms with Crippen LogP contribution in [0.2, 0.25) is 5.02 Å². The second-order valence-corrected chi connectivity index (χ2v) is 6.95. The van der Waals surface area contributed by atoms with Gasteiger partial charge >= 0.3 is 0 Å². The molecule has 0 fully saturated rings. The van der Waals surface area contributed by atoms with E-state index in [2.05, 4.69) is 19.9 Å². The number of nitrogens with one attached hydrogen (secondary N) is 2. The van der Waals surface area contributed by atoms with Gasteiger partial charge in [0.2, 0.25) is 5.95 Å². The number of hydrogen-bond donors (Lipinski definition) is 3. The standard InChI is InChI=1S/C20H17ClN6O2/c1-10-7-8-12(21)11(2)17(10)27(19(29)16-15(18(22)28)23-9-24-16)20-25-13-5-3-4-6-14(13)26-20/h3-9H,1-2H3,(H2,22,28)(H,23,24)(H,25,26). The number of nitrogens with zero attached hydrogens (tertiary/aromatic N) is 3. The van der Waals surface area contributed by atoms with Gasteiger partial charge in [-0.05, 0) is 43.2 Å². The molecule has 2 aromatic heterocycles. The second kappa shape index (κ2) is 7.06. The van der Waals surface area contributed by atoms with E-state index >= 15 is 0 Å².